The lowest BCUT2D eigenvalue weighted by atomic mass is 10.1. The third-order valence-electron chi connectivity index (χ3n) is 1.73. The number of carbonyl (C=O) groups excluding carboxylic acids is 1. The van der Waals surface area contributed by atoms with Crippen LogP contribution in [0.2, 0.25) is 10.0 Å². The van der Waals surface area contributed by atoms with Crippen LogP contribution in [-0.4, -0.2) is 11.6 Å². The lowest BCUT2D eigenvalue weighted by Gasteiger charge is -2.21. The highest BCUT2D eigenvalue weighted by molar-refractivity contribution is 6.39. The summed E-state index contributed by atoms with van der Waals surface area (Å²) in [6.45, 7) is 5.50. The predicted molar refractivity (Wildman–Crippen MR) is 68.3 cm³/mol. The summed E-state index contributed by atoms with van der Waals surface area (Å²) >= 11 is 11.6. The summed E-state index contributed by atoms with van der Waals surface area (Å²) in [7, 11) is 0. The van der Waals surface area contributed by atoms with E-state index in [1.807, 2.05) is 20.8 Å². The first kappa shape index (κ1) is 14.1. The van der Waals surface area contributed by atoms with Crippen LogP contribution in [0.15, 0.2) is 12.1 Å². The first-order chi connectivity index (χ1) is 7.69. The van der Waals surface area contributed by atoms with E-state index in [4.69, 9.17) is 23.2 Å². The molecule has 2 N–H and O–H groups in total. The van der Waals surface area contributed by atoms with Crippen molar-refractivity contribution in [2.24, 2.45) is 0 Å². The molecule has 1 aromatic carbocycles. The number of nitrogens with one attached hydrogen (secondary N) is 2. The molecule has 2 amide bonds. The Morgan fingerprint density at radius 2 is 1.71 bits per heavy atom. The molecule has 0 spiro atoms. The van der Waals surface area contributed by atoms with Crippen molar-refractivity contribution in [3.8, 4) is 0 Å². The standard InChI is InChI=1S/C11H13Cl2FN2O/c1-11(2,3)16-10(17)15-9-7(12)4-6(14)5-8(9)13/h4-5H,1-3H3,(H2,15,16,17). The average Bonchev–Trinajstić information content (AvgIpc) is 2.08. The largest absolute Gasteiger partial charge is 0.333 e. The predicted octanol–water partition coefficient (Wildman–Crippen LogP) is 4.05. The molecule has 0 aliphatic carbocycles. The maximum absolute atomic E-state index is 12.9. The van der Waals surface area contributed by atoms with Crippen molar-refractivity contribution >= 4 is 34.9 Å². The van der Waals surface area contributed by atoms with Crippen molar-refractivity contribution in [1.29, 1.82) is 0 Å². The van der Waals surface area contributed by atoms with E-state index in [0.717, 1.165) is 12.1 Å². The molecule has 94 valence electrons. The first-order valence-electron chi connectivity index (χ1n) is 4.93. The number of benzene rings is 1. The molecule has 0 aromatic heterocycles. The monoisotopic (exact) mass is 278 g/mol. The lowest BCUT2D eigenvalue weighted by molar-refractivity contribution is 0.244. The van der Waals surface area contributed by atoms with Crippen LogP contribution in [-0.2, 0) is 0 Å². The van der Waals surface area contributed by atoms with Gasteiger partial charge in [-0.3, -0.25) is 0 Å². The number of hydrogen-bond donors (Lipinski definition) is 2. The van der Waals surface area contributed by atoms with Crippen molar-refractivity contribution in [2.75, 3.05) is 5.32 Å². The summed E-state index contributed by atoms with van der Waals surface area (Å²) in [5.41, 5.74) is -0.195. The second-order valence-electron chi connectivity index (χ2n) is 4.57. The Morgan fingerprint density at radius 3 is 2.12 bits per heavy atom. The highest BCUT2D eigenvalue weighted by Crippen LogP contribution is 2.31. The maximum atomic E-state index is 12.9. The zero-order valence-electron chi connectivity index (χ0n) is 9.70. The van der Waals surface area contributed by atoms with E-state index in [9.17, 15) is 9.18 Å². The summed E-state index contributed by atoms with van der Waals surface area (Å²) in [6.07, 6.45) is 0. The Kier molecular flexibility index (Phi) is 4.22. The fourth-order valence-corrected chi connectivity index (χ4v) is 1.70. The number of anilines is 1. The van der Waals surface area contributed by atoms with Crippen LogP contribution in [0.5, 0.6) is 0 Å². The Balaban J connectivity index is 2.86. The summed E-state index contributed by atoms with van der Waals surface area (Å²) in [4.78, 5) is 11.6. The normalized spacial score (nSPS) is 11.2. The number of halogens is 3. The molecule has 1 rings (SSSR count). The Hall–Kier alpha value is -1.00. The quantitative estimate of drug-likeness (QED) is 0.799. The molecule has 0 fully saturated rings. The van der Waals surface area contributed by atoms with Crippen LogP contribution in [0, 0.1) is 5.82 Å². The van der Waals surface area contributed by atoms with Crippen LogP contribution in [0.3, 0.4) is 0 Å². The second kappa shape index (κ2) is 5.10. The van der Waals surface area contributed by atoms with E-state index in [1.54, 1.807) is 0 Å². The van der Waals surface area contributed by atoms with Gasteiger partial charge in [-0.1, -0.05) is 23.2 Å². The van der Waals surface area contributed by atoms with E-state index in [2.05, 4.69) is 10.6 Å². The fraction of sp³-hybridized carbons (Fsp3) is 0.364. The molecule has 0 saturated heterocycles. The van der Waals surface area contributed by atoms with Crippen LogP contribution in [0.1, 0.15) is 20.8 Å². The third kappa shape index (κ3) is 4.40. The topological polar surface area (TPSA) is 41.1 Å². The summed E-state index contributed by atoms with van der Waals surface area (Å²) in [6, 6.07) is 1.72. The van der Waals surface area contributed by atoms with Gasteiger partial charge < -0.3 is 10.6 Å². The Labute approximate surface area is 109 Å². The van der Waals surface area contributed by atoms with Gasteiger partial charge in [0.1, 0.15) is 5.82 Å². The van der Waals surface area contributed by atoms with Gasteiger partial charge in [0.15, 0.2) is 0 Å². The molecule has 0 heterocycles. The zero-order valence-corrected chi connectivity index (χ0v) is 11.2. The number of rotatable bonds is 1. The lowest BCUT2D eigenvalue weighted by Crippen LogP contribution is -2.43. The number of hydrogen-bond acceptors (Lipinski definition) is 1. The van der Waals surface area contributed by atoms with Crippen molar-refractivity contribution in [1.82, 2.24) is 5.32 Å². The number of urea groups is 1. The first-order valence-corrected chi connectivity index (χ1v) is 5.68. The SMILES string of the molecule is CC(C)(C)NC(=O)Nc1c(Cl)cc(F)cc1Cl. The molecule has 0 aliphatic rings. The van der Waals surface area contributed by atoms with Crippen molar-refractivity contribution in [3.63, 3.8) is 0 Å². The van der Waals surface area contributed by atoms with Crippen LogP contribution < -0.4 is 10.6 Å². The molecule has 0 radical (unpaired) electrons. The molecule has 1 aromatic rings. The van der Waals surface area contributed by atoms with E-state index in [1.165, 1.54) is 0 Å². The molecule has 3 nitrogen and oxygen atoms in total. The highest BCUT2D eigenvalue weighted by atomic mass is 35.5. The molecule has 17 heavy (non-hydrogen) atoms. The smallest absolute Gasteiger partial charge is 0.319 e. The highest BCUT2D eigenvalue weighted by Gasteiger charge is 2.16. The third-order valence-corrected chi connectivity index (χ3v) is 2.33. The van der Waals surface area contributed by atoms with Crippen molar-refractivity contribution < 1.29 is 9.18 Å². The average molecular weight is 279 g/mol. The summed E-state index contributed by atoms with van der Waals surface area (Å²) < 4.78 is 12.9. The van der Waals surface area contributed by atoms with Crippen LogP contribution in [0.25, 0.3) is 0 Å². The summed E-state index contributed by atoms with van der Waals surface area (Å²) in [5, 5.41) is 5.27. The van der Waals surface area contributed by atoms with Gasteiger partial charge in [0.25, 0.3) is 0 Å². The minimum atomic E-state index is -0.554. The summed E-state index contributed by atoms with van der Waals surface area (Å²) in [5.74, 6) is -0.554. The Morgan fingerprint density at radius 1 is 1.24 bits per heavy atom. The second-order valence-corrected chi connectivity index (χ2v) is 5.39. The van der Waals surface area contributed by atoms with Gasteiger partial charge in [0, 0.05) is 5.54 Å². The van der Waals surface area contributed by atoms with Crippen LogP contribution in [0.4, 0.5) is 14.9 Å². The van der Waals surface area contributed by atoms with Gasteiger partial charge in [-0.15, -0.1) is 0 Å². The van der Waals surface area contributed by atoms with E-state index >= 15 is 0 Å². The minimum Gasteiger partial charge on any atom is -0.333 e. The molecule has 0 unspecified atom stereocenters. The van der Waals surface area contributed by atoms with Gasteiger partial charge >= 0.3 is 6.03 Å². The van der Waals surface area contributed by atoms with Crippen molar-refractivity contribution in [2.45, 2.75) is 26.3 Å². The van der Waals surface area contributed by atoms with E-state index < -0.39 is 11.8 Å². The molecular weight excluding hydrogens is 266 g/mol. The maximum Gasteiger partial charge on any atom is 0.319 e. The Bertz CT molecular complexity index is 421. The van der Waals surface area contributed by atoms with Gasteiger partial charge in [0.2, 0.25) is 0 Å². The molecule has 6 heteroatoms. The minimum absolute atomic E-state index is 0.0547. The van der Waals surface area contributed by atoms with Gasteiger partial charge in [-0.2, -0.15) is 0 Å². The van der Waals surface area contributed by atoms with Gasteiger partial charge in [0.05, 0.1) is 15.7 Å². The van der Waals surface area contributed by atoms with Gasteiger partial charge in [-0.05, 0) is 32.9 Å². The number of amides is 2. The molecular formula is C11H13Cl2FN2O. The fourth-order valence-electron chi connectivity index (χ4n) is 1.15. The number of carbonyl (C=O) groups is 1. The molecule has 0 atom stereocenters. The molecule has 0 bridgehead atoms. The van der Waals surface area contributed by atoms with E-state index in [0.29, 0.717) is 0 Å². The zero-order chi connectivity index (χ0) is 13.2. The van der Waals surface area contributed by atoms with Crippen molar-refractivity contribution in [3.05, 3.63) is 28.0 Å². The van der Waals surface area contributed by atoms with Crippen LogP contribution >= 0.6 is 23.2 Å². The molecule has 0 aliphatic heterocycles. The van der Waals surface area contributed by atoms with Gasteiger partial charge in [-0.25, -0.2) is 9.18 Å². The van der Waals surface area contributed by atoms with E-state index in [-0.39, 0.29) is 21.3 Å². The molecule has 0 saturated carbocycles.